The fourth-order valence-corrected chi connectivity index (χ4v) is 2.30. The van der Waals surface area contributed by atoms with Gasteiger partial charge in [0.25, 0.3) is 0 Å². The number of benzene rings is 1. The van der Waals surface area contributed by atoms with Crippen LogP contribution in [0.3, 0.4) is 0 Å². The molecule has 1 aromatic carbocycles. The van der Waals surface area contributed by atoms with Gasteiger partial charge in [-0.15, -0.1) is 0 Å². The highest BCUT2D eigenvalue weighted by Gasteiger charge is 2.33. The number of aliphatic hydroxyl groups is 1. The Hall–Kier alpha value is -1.06. The summed E-state index contributed by atoms with van der Waals surface area (Å²) in [5.41, 5.74) is 1.30. The van der Waals surface area contributed by atoms with E-state index in [0.717, 1.165) is 18.1 Å². The fraction of sp³-hybridized carbons (Fsp3) is 0.600. The second kappa shape index (κ2) is 6.21. The molecule has 2 N–H and O–H groups in total. The highest BCUT2D eigenvalue weighted by atomic mass is 16.5. The van der Waals surface area contributed by atoms with Gasteiger partial charge in [-0.3, -0.25) is 0 Å². The van der Waals surface area contributed by atoms with Crippen LogP contribution in [0.1, 0.15) is 37.8 Å². The third-order valence-corrected chi connectivity index (χ3v) is 3.70. The molecule has 2 rings (SSSR count). The predicted octanol–water partition coefficient (Wildman–Crippen LogP) is 2.51. The summed E-state index contributed by atoms with van der Waals surface area (Å²) < 4.78 is 5.19. The first kappa shape index (κ1) is 13.4. The third kappa shape index (κ3) is 3.24. The Morgan fingerprint density at radius 1 is 1.33 bits per heavy atom. The molecule has 3 heteroatoms. The number of aliphatic hydroxyl groups excluding tert-OH is 1. The van der Waals surface area contributed by atoms with Crippen molar-refractivity contribution in [1.29, 1.82) is 0 Å². The lowest BCUT2D eigenvalue weighted by Gasteiger charge is -2.24. The molecular formula is C15H23NO2. The summed E-state index contributed by atoms with van der Waals surface area (Å²) in [7, 11) is 1.69. The molecule has 0 spiro atoms. The zero-order chi connectivity index (χ0) is 13.0. The molecule has 0 aliphatic heterocycles. The molecule has 0 radical (unpaired) electrons. The van der Waals surface area contributed by atoms with Crippen molar-refractivity contribution in [1.82, 2.24) is 5.32 Å². The number of methoxy groups -OCH3 is 1. The molecule has 1 aliphatic rings. The van der Waals surface area contributed by atoms with Gasteiger partial charge in [0.1, 0.15) is 5.75 Å². The Bertz CT molecular complexity index is 355. The molecule has 1 unspecified atom stereocenters. The van der Waals surface area contributed by atoms with E-state index in [1.807, 2.05) is 12.1 Å². The minimum atomic E-state index is 0.192. The van der Waals surface area contributed by atoms with Gasteiger partial charge in [-0.05, 0) is 42.9 Å². The van der Waals surface area contributed by atoms with Crippen LogP contribution in [-0.4, -0.2) is 24.9 Å². The maximum absolute atomic E-state index is 9.32. The first-order valence-electron chi connectivity index (χ1n) is 6.79. The van der Waals surface area contributed by atoms with Crippen LogP contribution in [0.2, 0.25) is 0 Å². The zero-order valence-corrected chi connectivity index (χ0v) is 11.2. The van der Waals surface area contributed by atoms with Crippen LogP contribution >= 0.6 is 0 Å². The Morgan fingerprint density at radius 2 is 2.00 bits per heavy atom. The molecule has 1 fully saturated rings. The van der Waals surface area contributed by atoms with Gasteiger partial charge in [-0.1, -0.05) is 19.1 Å². The molecule has 0 amide bonds. The number of rotatable bonds is 7. The van der Waals surface area contributed by atoms with Gasteiger partial charge >= 0.3 is 0 Å². The molecule has 0 aromatic heterocycles. The van der Waals surface area contributed by atoms with Gasteiger partial charge in [0.2, 0.25) is 0 Å². The minimum Gasteiger partial charge on any atom is -0.497 e. The maximum Gasteiger partial charge on any atom is 0.118 e. The smallest absolute Gasteiger partial charge is 0.118 e. The monoisotopic (exact) mass is 249 g/mol. The Labute approximate surface area is 109 Å². The van der Waals surface area contributed by atoms with E-state index in [1.165, 1.54) is 18.4 Å². The van der Waals surface area contributed by atoms with Crippen LogP contribution in [0, 0.1) is 5.92 Å². The number of ether oxygens (including phenoxy) is 1. The minimum absolute atomic E-state index is 0.192. The van der Waals surface area contributed by atoms with Crippen LogP contribution in [0.4, 0.5) is 0 Å². The summed E-state index contributed by atoms with van der Waals surface area (Å²) >= 11 is 0. The lowest BCUT2D eigenvalue weighted by Crippen LogP contribution is -2.36. The first-order valence-corrected chi connectivity index (χ1v) is 6.79. The Morgan fingerprint density at radius 3 is 2.44 bits per heavy atom. The zero-order valence-electron chi connectivity index (χ0n) is 11.2. The van der Waals surface area contributed by atoms with Crippen molar-refractivity contribution in [3.05, 3.63) is 29.8 Å². The molecule has 1 aromatic rings. The second-order valence-electron chi connectivity index (χ2n) is 5.04. The standard InChI is InChI=1S/C15H23NO2/c1-3-13(10-17)16-15(11-4-5-11)12-6-8-14(18-2)9-7-12/h6-9,11,13,15-17H,3-5,10H2,1-2H3/t13-,15?/m1/s1. The molecule has 1 saturated carbocycles. The molecule has 3 nitrogen and oxygen atoms in total. The van der Waals surface area contributed by atoms with Crippen LogP contribution in [-0.2, 0) is 0 Å². The van der Waals surface area contributed by atoms with Crippen molar-refractivity contribution in [3.8, 4) is 5.75 Å². The van der Waals surface area contributed by atoms with E-state index in [4.69, 9.17) is 4.74 Å². The van der Waals surface area contributed by atoms with Crippen molar-refractivity contribution in [3.63, 3.8) is 0 Å². The van der Waals surface area contributed by atoms with E-state index in [2.05, 4.69) is 24.4 Å². The normalized spacial score (nSPS) is 18.4. The highest BCUT2D eigenvalue weighted by Crippen LogP contribution is 2.41. The van der Waals surface area contributed by atoms with Crippen molar-refractivity contribution < 1.29 is 9.84 Å². The largest absolute Gasteiger partial charge is 0.497 e. The first-order chi connectivity index (χ1) is 8.78. The summed E-state index contributed by atoms with van der Waals surface area (Å²) in [5.74, 6) is 1.61. The van der Waals surface area contributed by atoms with Gasteiger partial charge in [0, 0.05) is 12.1 Å². The summed E-state index contributed by atoms with van der Waals surface area (Å²) in [5, 5.41) is 12.9. The van der Waals surface area contributed by atoms with E-state index in [-0.39, 0.29) is 12.6 Å². The molecule has 1 aliphatic carbocycles. The van der Waals surface area contributed by atoms with E-state index >= 15 is 0 Å². The van der Waals surface area contributed by atoms with Crippen LogP contribution in [0.25, 0.3) is 0 Å². The summed E-state index contributed by atoms with van der Waals surface area (Å²) in [6, 6.07) is 8.82. The van der Waals surface area contributed by atoms with Crippen LogP contribution in [0.5, 0.6) is 5.75 Å². The lowest BCUT2D eigenvalue weighted by molar-refractivity contribution is 0.223. The number of hydrogen-bond donors (Lipinski definition) is 2. The Balaban J connectivity index is 2.08. The summed E-state index contributed by atoms with van der Waals surface area (Å²) in [4.78, 5) is 0. The topological polar surface area (TPSA) is 41.5 Å². The van der Waals surface area contributed by atoms with Crippen molar-refractivity contribution in [2.45, 2.75) is 38.3 Å². The highest BCUT2D eigenvalue weighted by molar-refractivity contribution is 5.30. The van der Waals surface area contributed by atoms with Gasteiger partial charge in [0.15, 0.2) is 0 Å². The van der Waals surface area contributed by atoms with E-state index in [0.29, 0.717) is 6.04 Å². The van der Waals surface area contributed by atoms with Crippen molar-refractivity contribution in [2.24, 2.45) is 5.92 Å². The summed E-state index contributed by atoms with van der Waals surface area (Å²) in [6.07, 6.45) is 3.52. The average molecular weight is 249 g/mol. The number of hydrogen-bond acceptors (Lipinski definition) is 3. The quantitative estimate of drug-likeness (QED) is 0.780. The van der Waals surface area contributed by atoms with E-state index in [9.17, 15) is 5.11 Å². The lowest BCUT2D eigenvalue weighted by atomic mass is 10.0. The fourth-order valence-electron chi connectivity index (χ4n) is 2.30. The average Bonchev–Trinajstić information content (AvgIpc) is 3.25. The summed E-state index contributed by atoms with van der Waals surface area (Å²) in [6.45, 7) is 2.31. The molecule has 0 heterocycles. The molecular weight excluding hydrogens is 226 g/mol. The SMILES string of the molecule is CC[C@H](CO)NC(c1ccc(OC)cc1)C1CC1. The van der Waals surface area contributed by atoms with Gasteiger partial charge in [-0.25, -0.2) is 0 Å². The van der Waals surface area contributed by atoms with Crippen molar-refractivity contribution in [2.75, 3.05) is 13.7 Å². The van der Waals surface area contributed by atoms with Gasteiger partial charge in [-0.2, -0.15) is 0 Å². The maximum atomic E-state index is 9.32. The third-order valence-electron chi connectivity index (χ3n) is 3.70. The van der Waals surface area contributed by atoms with Gasteiger partial charge in [0.05, 0.1) is 13.7 Å². The Kier molecular flexibility index (Phi) is 4.61. The predicted molar refractivity (Wildman–Crippen MR) is 72.8 cm³/mol. The molecule has 2 atom stereocenters. The van der Waals surface area contributed by atoms with Gasteiger partial charge < -0.3 is 15.2 Å². The van der Waals surface area contributed by atoms with Crippen LogP contribution in [0.15, 0.2) is 24.3 Å². The molecule has 0 bridgehead atoms. The van der Waals surface area contributed by atoms with Crippen molar-refractivity contribution >= 4 is 0 Å². The molecule has 18 heavy (non-hydrogen) atoms. The van der Waals surface area contributed by atoms with E-state index in [1.54, 1.807) is 7.11 Å². The molecule has 0 saturated heterocycles. The van der Waals surface area contributed by atoms with E-state index < -0.39 is 0 Å². The second-order valence-corrected chi connectivity index (χ2v) is 5.04. The molecule has 100 valence electrons. The van der Waals surface area contributed by atoms with Crippen LogP contribution < -0.4 is 10.1 Å². The number of nitrogens with one attached hydrogen (secondary N) is 1.